The van der Waals surface area contributed by atoms with Crippen molar-refractivity contribution >= 4 is 35.8 Å². The van der Waals surface area contributed by atoms with Crippen LogP contribution in [0.15, 0.2) is 0 Å². The van der Waals surface area contributed by atoms with Crippen LogP contribution < -0.4 is 0 Å². The Kier molecular flexibility index (Phi) is 17.9. The fraction of sp³-hybridized carbons (Fsp3) is 0.833. The third kappa shape index (κ3) is 14.8. The summed E-state index contributed by atoms with van der Waals surface area (Å²) < 4.78 is 50.7. The third-order valence-electron chi connectivity index (χ3n) is 5.03. The number of methoxy groups -OCH3 is 2. The van der Waals surface area contributed by atoms with Crippen LogP contribution in [0, 0.1) is 0 Å². The molecule has 0 saturated carbocycles. The first-order chi connectivity index (χ1) is 18.6. The molecule has 1 aliphatic heterocycles. The Morgan fingerprint density at radius 3 is 1.74 bits per heavy atom. The molecule has 0 N–H and O–H groups in total. The van der Waals surface area contributed by atoms with Crippen molar-refractivity contribution in [2.45, 2.75) is 57.5 Å². The average Bonchev–Trinajstić information content (AvgIpc) is 3.16. The number of ether oxygens (including phenoxy) is 9. The number of rotatable bonds is 20. The van der Waals surface area contributed by atoms with E-state index < -0.39 is 53.7 Å². The molecule has 0 aromatic carbocycles. The van der Waals surface area contributed by atoms with Gasteiger partial charge in [-0.2, -0.15) is 0 Å². The zero-order valence-electron chi connectivity index (χ0n) is 23.4. The lowest BCUT2D eigenvalue weighted by Crippen LogP contribution is -2.46. The monoisotopic (exact) mass is 583 g/mol. The van der Waals surface area contributed by atoms with Gasteiger partial charge in [0.25, 0.3) is 0 Å². The van der Waals surface area contributed by atoms with Crippen molar-refractivity contribution in [3.05, 3.63) is 0 Å². The Balaban J connectivity index is 3.16. The maximum Gasteiger partial charge on any atom is 0.303 e. The predicted molar refractivity (Wildman–Crippen MR) is 137 cm³/mol. The maximum atomic E-state index is 12.0. The highest BCUT2D eigenvalue weighted by atomic mass is 32.2. The normalized spacial score (nSPS) is 21.4. The Morgan fingerprint density at radius 2 is 1.28 bits per heavy atom. The Labute approximate surface area is 233 Å². The van der Waals surface area contributed by atoms with E-state index in [0.29, 0.717) is 52.7 Å². The van der Waals surface area contributed by atoms with E-state index in [2.05, 4.69) is 0 Å². The molecule has 1 rings (SSSR count). The van der Waals surface area contributed by atoms with Crippen molar-refractivity contribution in [3.8, 4) is 0 Å². The van der Waals surface area contributed by atoms with Gasteiger partial charge in [-0.15, -0.1) is 0 Å². The highest BCUT2D eigenvalue weighted by Gasteiger charge is 2.54. The molecular formula is C24H41NO13S. The van der Waals surface area contributed by atoms with Crippen LogP contribution in [-0.2, 0) is 61.8 Å². The van der Waals surface area contributed by atoms with E-state index in [0.717, 1.165) is 0 Å². The average molecular weight is 584 g/mol. The molecule has 0 spiro atoms. The number of esters is 4. The number of hydrogen-bond donors (Lipinski definition) is 0. The van der Waals surface area contributed by atoms with Crippen molar-refractivity contribution in [2.24, 2.45) is 0 Å². The molecule has 0 amide bonds. The molecule has 0 aliphatic carbocycles. The molecule has 0 radical (unpaired) electrons. The molecule has 1 fully saturated rings. The highest BCUT2D eigenvalue weighted by molar-refractivity contribution is 7.97. The van der Waals surface area contributed by atoms with Crippen LogP contribution in [-0.4, -0.2) is 132 Å². The molecule has 5 atom stereocenters. The minimum Gasteiger partial charge on any atom is -0.462 e. The maximum absolute atomic E-state index is 12.0. The SMILES string of the molecule is COCCOCCN(CCOCCOC)S[C@@H]1O[C@@H]([C@@H](COC(C)=O)OC(C)=O)[C@H](OC(C)=O)[C@H]1OC(C)=O. The van der Waals surface area contributed by atoms with Crippen molar-refractivity contribution in [2.75, 3.05) is 73.6 Å². The lowest BCUT2D eigenvalue weighted by atomic mass is 10.1. The molecule has 0 unspecified atom stereocenters. The van der Waals surface area contributed by atoms with Crippen LogP contribution in [0.2, 0.25) is 0 Å². The Hall–Kier alpha value is -2.01. The summed E-state index contributed by atoms with van der Waals surface area (Å²) >= 11 is 1.20. The van der Waals surface area contributed by atoms with Crippen molar-refractivity contribution in [3.63, 3.8) is 0 Å². The second-order valence-corrected chi connectivity index (χ2v) is 9.50. The van der Waals surface area contributed by atoms with Gasteiger partial charge in [0.1, 0.15) is 12.7 Å². The summed E-state index contributed by atoms with van der Waals surface area (Å²) in [5.41, 5.74) is -0.878. The van der Waals surface area contributed by atoms with Gasteiger partial charge < -0.3 is 42.6 Å². The van der Waals surface area contributed by atoms with Gasteiger partial charge in [0.05, 0.1) is 39.6 Å². The van der Waals surface area contributed by atoms with E-state index in [1.807, 2.05) is 4.31 Å². The molecule has 0 aromatic rings. The summed E-state index contributed by atoms with van der Waals surface area (Å²) in [5, 5.41) is 0. The molecule has 0 bridgehead atoms. The van der Waals surface area contributed by atoms with Gasteiger partial charge in [-0.3, -0.25) is 19.2 Å². The summed E-state index contributed by atoms with van der Waals surface area (Å²) in [5.74, 6) is -2.57. The molecule has 39 heavy (non-hydrogen) atoms. The molecule has 0 aromatic heterocycles. The van der Waals surface area contributed by atoms with Crippen molar-refractivity contribution < 1.29 is 61.8 Å². The van der Waals surface area contributed by atoms with E-state index in [1.165, 1.54) is 39.6 Å². The third-order valence-corrected chi connectivity index (χ3v) is 6.28. The van der Waals surface area contributed by atoms with Crippen LogP contribution in [0.5, 0.6) is 0 Å². The summed E-state index contributed by atoms with van der Waals surface area (Å²) in [6.45, 7) is 7.74. The molecule has 15 heteroatoms. The smallest absolute Gasteiger partial charge is 0.303 e. The van der Waals surface area contributed by atoms with Gasteiger partial charge in [0.15, 0.2) is 23.7 Å². The van der Waals surface area contributed by atoms with Gasteiger partial charge >= 0.3 is 23.9 Å². The van der Waals surface area contributed by atoms with Crippen LogP contribution >= 0.6 is 11.9 Å². The molecule has 226 valence electrons. The molecular weight excluding hydrogens is 542 g/mol. The fourth-order valence-corrected chi connectivity index (χ4v) is 4.63. The first-order valence-electron chi connectivity index (χ1n) is 12.4. The Morgan fingerprint density at radius 1 is 0.744 bits per heavy atom. The quantitative estimate of drug-likeness (QED) is 0.0837. The van der Waals surface area contributed by atoms with Gasteiger partial charge in [0, 0.05) is 55.0 Å². The molecule has 1 aliphatic rings. The predicted octanol–water partition coefficient (Wildman–Crippen LogP) is 0.346. The Bertz CT molecular complexity index is 742. The first-order valence-corrected chi connectivity index (χ1v) is 13.3. The molecule has 1 saturated heterocycles. The van der Waals surface area contributed by atoms with Crippen molar-refractivity contribution in [1.82, 2.24) is 4.31 Å². The van der Waals surface area contributed by atoms with Crippen LogP contribution in [0.1, 0.15) is 27.7 Å². The zero-order valence-corrected chi connectivity index (χ0v) is 24.2. The first kappa shape index (κ1) is 35.0. The minimum atomic E-state index is -1.15. The molecule has 1 heterocycles. The lowest BCUT2D eigenvalue weighted by Gasteiger charge is -2.28. The van der Waals surface area contributed by atoms with Gasteiger partial charge in [-0.05, 0) is 11.9 Å². The highest BCUT2D eigenvalue weighted by Crippen LogP contribution is 2.37. The van der Waals surface area contributed by atoms with Gasteiger partial charge in [-0.1, -0.05) is 0 Å². The second kappa shape index (κ2) is 20.0. The van der Waals surface area contributed by atoms with Crippen molar-refractivity contribution in [1.29, 1.82) is 0 Å². The summed E-state index contributed by atoms with van der Waals surface area (Å²) in [6, 6.07) is 0. The van der Waals surface area contributed by atoms with E-state index in [4.69, 9.17) is 42.6 Å². The summed E-state index contributed by atoms with van der Waals surface area (Å²) in [6.07, 6.45) is -4.45. The van der Waals surface area contributed by atoms with E-state index in [9.17, 15) is 19.2 Å². The van der Waals surface area contributed by atoms with Crippen LogP contribution in [0.25, 0.3) is 0 Å². The number of carbonyl (C=O) groups is 4. The number of nitrogens with zero attached hydrogens (tertiary/aromatic N) is 1. The molecule has 14 nitrogen and oxygen atoms in total. The largest absolute Gasteiger partial charge is 0.462 e. The minimum absolute atomic E-state index is 0.355. The lowest BCUT2D eigenvalue weighted by molar-refractivity contribution is -0.176. The number of hydrogen-bond acceptors (Lipinski definition) is 15. The summed E-state index contributed by atoms with van der Waals surface area (Å²) in [4.78, 5) is 47.3. The summed E-state index contributed by atoms with van der Waals surface area (Å²) in [7, 11) is 3.16. The zero-order chi connectivity index (χ0) is 29.2. The van der Waals surface area contributed by atoms with E-state index >= 15 is 0 Å². The van der Waals surface area contributed by atoms with Crippen LogP contribution in [0.3, 0.4) is 0 Å². The van der Waals surface area contributed by atoms with Crippen LogP contribution in [0.4, 0.5) is 0 Å². The van der Waals surface area contributed by atoms with Gasteiger partial charge in [-0.25, -0.2) is 4.31 Å². The van der Waals surface area contributed by atoms with E-state index in [-0.39, 0.29) is 6.61 Å². The fourth-order valence-electron chi connectivity index (χ4n) is 3.47. The number of carbonyl (C=O) groups excluding carboxylic acids is 4. The second-order valence-electron chi connectivity index (χ2n) is 8.31. The van der Waals surface area contributed by atoms with E-state index in [1.54, 1.807) is 14.2 Å². The standard InChI is InChI=1S/C24H41NO13S/c1-16(26)34-15-20(35-17(2)27)21-22(36-18(3)28)23(37-19(4)29)24(38-21)39-25(7-9-32-13-11-30-5)8-10-33-14-12-31-6/h20-24H,7-15H2,1-6H3/t20-,21+,22+,23-,24+/m1/s1. The van der Waals surface area contributed by atoms with Gasteiger partial charge in [0.2, 0.25) is 0 Å². The topological polar surface area (TPSA) is 155 Å².